The van der Waals surface area contributed by atoms with E-state index in [0.29, 0.717) is 38.5 Å². The minimum Gasteiger partial charge on any atom is -0.446 e. The molecule has 0 saturated carbocycles. The Kier molecular flexibility index (Phi) is 16.0. The van der Waals surface area contributed by atoms with E-state index in [1.165, 1.54) is 13.8 Å². The fourth-order valence-corrected chi connectivity index (χ4v) is 3.39. The van der Waals surface area contributed by atoms with Gasteiger partial charge in [-0.1, -0.05) is 50.2 Å². The lowest BCUT2D eigenvalue weighted by molar-refractivity contribution is -0.149. The van der Waals surface area contributed by atoms with Gasteiger partial charge < -0.3 is 14.2 Å². The van der Waals surface area contributed by atoms with E-state index < -0.39 is 23.1 Å². The van der Waals surface area contributed by atoms with Crippen LogP contribution in [-0.2, 0) is 33.4 Å². The molecule has 0 bridgehead atoms. The lowest BCUT2D eigenvalue weighted by Crippen LogP contribution is -2.25. The zero-order valence-electron chi connectivity index (χ0n) is 20.0. The van der Waals surface area contributed by atoms with Crippen molar-refractivity contribution in [2.24, 2.45) is 0 Å². The SMILES string of the molecule is C=C(CCC(Cl)OC(=O)CC(C)=O)C(CC)OC(CC)C(=C)CCC(Cl)OC(=O)CC(C)=O. The Morgan fingerprint density at radius 3 is 1.33 bits per heavy atom. The quantitative estimate of drug-likeness (QED) is 0.106. The molecular weight excluding hydrogens is 471 g/mol. The standard InChI is InChI=1S/C24H36Cl2O7/c1-7-19(15(3)9-11-21(25)32-23(29)13-17(5)27)31-20(8-2)16(4)10-12-22(26)33-24(30)14-18(6)28/h19-22H,3-4,7-14H2,1-2,5-6H3. The van der Waals surface area contributed by atoms with Gasteiger partial charge in [0.05, 0.1) is 12.2 Å². The molecule has 7 nitrogen and oxygen atoms in total. The predicted octanol–water partition coefficient (Wildman–Crippen LogP) is 5.41. The fourth-order valence-electron chi connectivity index (χ4n) is 2.97. The average Bonchev–Trinajstić information content (AvgIpc) is 2.69. The summed E-state index contributed by atoms with van der Waals surface area (Å²) >= 11 is 12.1. The van der Waals surface area contributed by atoms with Gasteiger partial charge in [-0.3, -0.25) is 19.2 Å². The smallest absolute Gasteiger partial charge is 0.314 e. The van der Waals surface area contributed by atoms with Crippen molar-refractivity contribution in [3.8, 4) is 0 Å². The van der Waals surface area contributed by atoms with E-state index in [0.717, 1.165) is 11.1 Å². The molecule has 0 aliphatic heterocycles. The molecule has 0 rings (SSSR count). The highest BCUT2D eigenvalue weighted by Gasteiger charge is 2.22. The average molecular weight is 507 g/mol. The van der Waals surface area contributed by atoms with Gasteiger partial charge in [-0.25, -0.2) is 0 Å². The van der Waals surface area contributed by atoms with Gasteiger partial charge in [0.1, 0.15) is 24.4 Å². The second kappa shape index (κ2) is 16.8. The third kappa shape index (κ3) is 14.9. The largest absolute Gasteiger partial charge is 0.446 e. The number of halogens is 2. The minimum absolute atomic E-state index is 0.247. The van der Waals surface area contributed by atoms with Crippen molar-refractivity contribution in [3.63, 3.8) is 0 Å². The van der Waals surface area contributed by atoms with Crippen molar-refractivity contribution in [1.82, 2.24) is 0 Å². The van der Waals surface area contributed by atoms with Gasteiger partial charge in [0, 0.05) is 12.8 Å². The van der Waals surface area contributed by atoms with Crippen molar-refractivity contribution in [2.45, 2.75) is 102 Å². The summed E-state index contributed by atoms with van der Waals surface area (Å²) in [6.45, 7) is 14.7. The predicted molar refractivity (Wildman–Crippen MR) is 128 cm³/mol. The zero-order valence-corrected chi connectivity index (χ0v) is 21.5. The van der Waals surface area contributed by atoms with E-state index in [-0.39, 0.29) is 36.6 Å². The van der Waals surface area contributed by atoms with Crippen LogP contribution in [0.5, 0.6) is 0 Å². The number of ether oxygens (including phenoxy) is 3. The van der Waals surface area contributed by atoms with E-state index in [9.17, 15) is 19.2 Å². The molecule has 188 valence electrons. The Morgan fingerprint density at radius 2 is 1.06 bits per heavy atom. The summed E-state index contributed by atoms with van der Waals surface area (Å²) in [5.41, 5.74) is -0.0837. The first-order valence-electron chi connectivity index (χ1n) is 11.1. The molecule has 0 aliphatic rings. The summed E-state index contributed by atoms with van der Waals surface area (Å²) in [7, 11) is 0. The van der Waals surface area contributed by atoms with Crippen LogP contribution in [0.4, 0.5) is 0 Å². The van der Waals surface area contributed by atoms with Gasteiger partial charge in [0.15, 0.2) is 11.1 Å². The van der Waals surface area contributed by atoms with Crippen molar-refractivity contribution in [1.29, 1.82) is 0 Å². The molecule has 4 unspecified atom stereocenters. The number of hydrogen-bond acceptors (Lipinski definition) is 7. The highest BCUT2D eigenvalue weighted by atomic mass is 35.5. The number of ketones is 2. The zero-order chi connectivity index (χ0) is 25.6. The summed E-state index contributed by atoms with van der Waals surface area (Å²) in [5, 5.41) is 0. The summed E-state index contributed by atoms with van der Waals surface area (Å²) < 4.78 is 16.2. The first kappa shape index (κ1) is 31.3. The Hall–Kier alpha value is -1.70. The van der Waals surface area contributed by atoms with E-state index in [1.807, 2.05) is 13.8 Å². The first-order chi connectivity index (χ1) is 15.4. The molecule has 0 aromatic rings. The number of carbonyl (C=O) groups excluding carboxylic acids is 4. The maximum absolute atomic E-state index is 11.5. The molecule has 33 heavy (non-hydrogen) atoms. The number of alkyl halides is 2. The molecule has 0 radical (unpaired) electrons. The molecule has 0 aromatic carbocycles. The summed E-state index contributed by atoms with van der Waals surface area (Å²) in [6, 6.07) is 0. The molecular formula is C24H36Cl2O7. The van der Waals surface area contributed by atoms with Crippen LogP contribution in [0.15, 0.2) is 24.3 Å². The summed E-state index contributed by atoms with van der Waals surface area (Å²) in [6.07, 6.45) is 1.93. The van der Waals surface area contributed by atoms with Gasteiger partial charge >= 0.3 is 11.9 Å². The van der Waals surface area contributed by atoms with Gasteiger partial charge in [-0.05, 0) is 50.7 Å². The van der Waals surface area contributed by atoms with Gasteiger partial charge in [0.2, 0.25) is 0 Å². The number of hydrogen-bond donors (Lipinski definition) is 0. The third-order valence-corrected chi connectivity index (χ3v) is 5.29. The van der Waals surface area contributed by atoms with Crippen LogP contribution in [-0.4, -0.2) is 46.8 Å². The first-order valence-corrected chi connectivity index (χ1v) is 11.9. The Bertz CT molecular complexity index is 647. The summed E-state index contributed by atoms with van der Waals surface area (Å²) in [5.74, 6) is -1.87. The van der Waals surface area contributed by atoms with Crippen molar-refractivity contribution in [3.05, 3.63) is 24.3 Å². The van der Waals surface area contributed by atoms with E-state index in [4.69, 9.17) is 37.4 Å². The second-order valence-electron chi connectivity index (χ2n) is 7.88. The molecule has 4 atom stereocenters. The lowest BCUT2D eigenvalue weighted by atomic mass is 10.0. The topological polar surface area (TPSA) is 96.0 Å². The second-order valence-corrected chi connectivity index (χ2v) is 8.85. The summed E-state index contributed by atoms with van der Waals surface area (Å²) in [4.78, 5) is 45.0. The van der Waals surface area contributed by atoms with Crippen LogP contribution in [0.3, 0.4) is 0 Å². The number of Topliss-reactive ketones (excluding diaryl/α,β-unsaturated/α-hetero) is 2. The monoisotopic (exact) mass is 506 g/mol. The van der Waals surface area contributed by atoms with Crippen LogP contribution in [0.25, 0.3) is 0 Å². The fraction of sp³-hybridized carbons (Fsp3) is 0.667. The molecule has 9 heteroatoms. The normalized spacial score (nSPS) is 14.5. The van der Waals surface area contributed by atoms with E-state index in [1.54, 1.807) is 0 Å². The molecule has 0 spiro atoms. The highest BCUT2D eigenvalue weighted by Crippen LogP contribution is 2.25. The van der Waals surface area contributed by atoms with Crippen LogP contribution >= 0.6 is 23.2 Å². The molecule has 0 aromatic heterocycles. The van der Waals surface area contributed by atoms with Crippen molar-refractivity contribution < 1.29 is 33.4 Å². The number of esters is 2. The Morgan fingerprint density at radius 1 is 0.727 bits per heavy atom. The van der Waals surface area contributed by atoms with E-state index >= 15 is 0 Å². The number of carbonyl (C=O) groups is 4. The maximum Gasteiger partial charge on any atom is 0.314 e. The van der Waals surface area contributed by atoms with Crippen molar-refractivity contribution >= 4 is 46.7 Å². The molecule has 0 fully saturated rings. The van der Waals surface area contributed by atoms with Gasteiger partial charge in [-0.2, -0.15) is 0 Å². The van der Waals surface area contributed by atoms with Crippen molar-refractivity contribution in [2.75, 3.05) is 0 Å². The molecule has 0 heterocycles. The molecule has 0 amide bonds. The van der Waals surface area contributed by atoms with Gasteiger partial charge in [-0.15, -0.1) is 0 Å². The maximum atomic E-state index is 11.5. The third-order valence-electron chi connectivity index (χ3n) is 4.67. The van der Waals surface area contributed by atoms with Crippen LogP contribution < -0.4 is 0 Å². The van der Waals surface area contributed by atoms with E-state index in [2.05, 4.69) is 13.2 Å². The van der Waals surface area contributed by atoms with Gasteiger partial charge in [0.25, 0.3) is 0 Å². The minimum atomic E-state index is -0.852. The van der Waals surface area contributed by atoms with Crippen LogP contribution in [0.2, 0.25) is 0 Å². The lowest BCUT2D eigenvalue weighted by Gasteiger charge is -2.27. The molecule has 0 N–H and O–H groups in total. The van der Waals surface area contributed by atoms with Crippen LogP contribution in [0.1, 0.15) is 79.1 Å². The molecule has 0 aliphatic carbocycles. The number of rotatable bonds is 18. The van der Waals surface area contributed by atoms with Crippen LogP contribution in [0, 0.1) is 0 Å². The Labute approximate surface area is 206 Å². The Balaban J connectivity index is 4.61. The molecule has 0 saturated heterocycles. The highest BCUT2D eigenvalue weighted by molar-refractivity contribution is 6.20.